The van der Waals surface area contributed by atoms with Crippen LogP contribution >= 0.6 is 0 Å². The Bertz CT molecular complexity index is 707. The highest BCUT2D eigenvalue weighted by molar-refractivity contribution is 5.86. The summed E-state index contributed by atoms with van der Waals surface area (Å²) in [5.74, 6) is 0.458. The molecule has 5 nitrogen and oxygen atoms in total. The Kier molecular flexibility index (Phi) is 2.94. The highest BCUT2D eigenvalue weighted by atomic mass is 16.3. The third-order valence-electron chi connectivity index (χ3n) is 3.87. The zero-order valence-electron chi connectivity index (χ0n) is 11.3. The third-order valence-corrected chi connectivity index (χ3v) is 3.87. The zero-order chi connectivity index (χ0) is 14.2. The van der Waals surface area contributed by atoms with Crippen LogP contribution in [0.15, 0.2) is 22.6 Å². The molecule has 0 atom stereocenters. The summed E-state index contributed by atoms with van der Waals surface area (Å²) < 4.78 is 5.46. The van der Waals surface area contributed by atoms with Crippen LogP contribution in [0.25, 0.3) is 11.1 Å². The van der Waals surface area contributed by atoms with Crippen molar-refractivity contribution in [2.45, 2.75) is 32.7 Å². The van der Waals surface area contributed by atoms with Gasteiger partial charge in [0.2, 0.25) is 5.91 Å². The summed E-state index contributed by atoms with van der Waals surface area (Å²) in [7, 11) is 0. The molecule has 1 aliphatic carbocycles. The Labute approximate surface area is 116 Å². The summed E-state index contributed by atoms with van der Waals surface area (Å²) in [6.07, 6.45) is 2.27. The molecule has 0 bridgehead atoms. The van der Waals surface area contributed by atoms with Gasteiger partial charge in [0.25, 0.3) is 0 Å². The highest BCUT2D eigenvalue weighted by Crippen LogP contribution is 2.40. The summed E-state index contributed by atoms with van der Waals surface area (Å²) in [5, 5.41) is 12.0. The second-order valence-corrected chi connectivity index (χ2v) is 5.27. The van der Waals surface area contributed by atoms with Crippen LogP contribution in [0.1, 0.15) is 30.7 Å². The number of carbonyl (C=O) groups is 1. The van der Waals surface area contributed by atoms with Crippen molar-refractivity contribution in [2.75, 3.05) is 0 Å². The van der Waals surface area contributed by atoms with Crippen LogP contribution < -0.4 is 5.32 Å². The Balaban J connectivity index is 1.70. The standard InChI is InChI=1S/C15H15N3O2/c1-10-18-12-4-3-11(7-13(12)20-10)8-17-14(19)15(9-16)5-2-6-15/h3-4,7H,2,5-6,8H2,1H3,(H,17,19). The zero-order valence-corrected chi connectivity index (χ0v) is 11.3. The number of oxazole rings is 1. The normalized spacial score (nSPS) is 16.4. The van der Waals surface area contributed by atoms with Crippen LogP contribution in [-0.2, 0) is 11.3 Å². The van der Waals surface area contributed by atoms with Crippen molar-refractivity contribution >= 4 is 17.0 Å². The van der Waals surface area contributed by atoms with Crippen molar-refractivity contribution in [3.8, 4) is 6.07 Å². The number of rotatable bonds is 3. The number of nitriles is 1. The number of benzene rings is 1. The van der Waals surface area contributed by atoms with Crippen LogP contribution in [-0.4, -0.2) is 10.9 Å². The van der Waals surface area contributed by atoms with Crippen LogP contribution in [0.2, 0.25) is 0 Å². The molecule has 1 fully saturated rings. The van der Waals surface area contributed by atoms with E-state index in [4.69, 9.17) is 9.68 Å². The highest BCUT2D eigenvalue weighted by Gasteiger charge is 2.44. The van der Waals surface area contributed by atoms with Crippen LogP contribution in [0, 0.1) is 23.7 Å². The number of carbonyl (C=O) groups excluding carboxylic acids is 1. The molecule has 1 aliphatic rings. The van der Waals surface area contributed by atoms with Gasteiger partial charge in [-0.1, -0.05) is 6.07 Å². The predicted molar refractivity (Wildman–Crippen MR) is 72.5 cm³/mol. The van der Waals surface area contributed by atoms with E-state index in [0.717, 1.165) is 17.5 Å². The fourth-order valence-corrected chi connectivity index (χ4v) is 2.47. The van der Waals surface area contributed by atoms with Gasteiger partial charge in [0.1, 0.15) is 10.9 Å². The molecule has 0 radical (unpaired) electrons. The Morgan fingerprint density at radius 3 is 3.00 bits per heavy atom. The average Bonchev–Trinajstić information content (AvgIpc) is 2.75. The van der Waals surface area contributed by atoms with Gasteiger partial charge in [-0.05, 0) is 37.0 Å². The molecule has 0 unspecified atom stereocenters. The average molecular weight is 269 g/mol. The number of fused-ring (bicyclic) bond motifs is 1. The molecule has 1 amide bonds. The fourth-order valence-electron chi connectivity index (χ4n) is 2.47. The molecule has 0 aliphatic heterocycles. The summed E-state index contributed by atoms with van der Waals surface area (Å²) in [6, 6.07) is 7.79. The van der Waals surface area contributed by atoms with Gasteiger partial charge in [-0.3, -0.25) is 4.79 Å². The lowest BCUT2D eigenvalue weighted by atomic mass is 9.69. The lowest BCUT2D eigenvalue weighted by Crippen LogP contribution is -2.44. The summed E-state index contributed by atoms with van der Waals surface area (Å²) in [4.78, 5) is 16.3. The maximum Gasteiger partial charge on any atom is 0.240 e. The maximum atomic E-state index is 12.0. The second-order valence-electron chi connectivity index (χ2n) is 5.27. The molecule has 1 heterocycles. The Morgan fingerprint density at radius 1 is 1.55 bits per heavy atom. The number of hydrogen-bond acceptors (Lipinski definition) is 4. The van der Waals surface area contributed by atoms with Gasteiger partial charge < -0.3 is 9.73 Å². The maximum absolute atomic E-state index is 12.0. The van der Waals surface area contributed by atoms with E-state index in [-0.39, 0.29) is 5.91 Å². The predicted octanol–water partition coefficient (Wildman–Crippen LogP) is 2.45. The van der Waals surface area contributed by atoms with Gasteiger partial charge >= 0.3 is 0 Å². The topological polar surface area (TPSA) is 78.9 Å². The van der Waals surface area contributed by atoms with Gasteiger partial charge in [0.15, 0.2) is 11.5 Å². The number of nitrogens with zero attached hydrogens (tertiary/aromatic N) is 2. The van der Waals surface area contributed by atoms with E-state index < -0.39 is 5.41 Å². The first-order valence-electron chi connectivity index (χ1n) is 6.69. The van der Waals surface area contributed by atoms with E-state index in [2.05, 4.69) is 16.4 Å². The fraction of sp³-hybridized carbons (Fsp3) is 0.400. The number of aromatic nitrogens is 1. The first kappa shape index (κ1) is 12.7. The largest absolute Gasteiger partial charge is 0.441 e. The van der Waals surface area contributed by atoms with E-state index in [0.29, 0.717) is 30.9 Å². The van der Waals surface area contributed by atoms with Crippen molar-refractivity contribution in [3.05, 3.63) is 29.7 Å². The van der Waals surface area contributed by atoms with Crippen LogP contribution in [0.5, 0.6) is 0 Å². The summed E-state index contributed by atoms with van der Waals surface area (Å²) >= 11 is 0. The molecular formula is C15H15N3O2. The van der Waals surface area contributed by atoms with E-state index in [1.54, 1.807) is 6.92 Å². The van der Waals surface area contributed by atoms with Crippen molar-refractivity contribution in [1.82, 2.24) is 10.3 Å². The van der Waals surface area contributed by atoms with E-state index >= 15 is 0 Å². The Hall–Kier alpha value is -2.35. The number of amides is 1. The van der Waals surface area contributed by atoms with Crippen molar-refractivity contribution in [1.29, 1.82) is 5.26 Å². The van der Waals surface area contributed by atoms with Gasteiger partial charge in [0.05, 0.1) is 6.07 Å². The van der Waals surface area contributed by atoms with E-state index in [1.165, 1.54) is 0 Å². The molecule has 1 saturated carbocycles. The molecule has 102 valence electrons. The number of hydrogen-bond donors (Lipinski definition) is 1. The minimum absolute atomic E-state index is 0.167. The molecule has 1 aromatic carbocycles. The van der Waals surface area contributed by atoms with Crippen LogP contribution in [0.3, 0.4) is 0 Å². The molecule has 2 aromatic rings. The second kappa shape index (κ2) is 4.64. The molecule has 0 saturated heterocycles. The lowest BCUT2D eigenvalue weighted by Gasteiger charge is -2.33. The molecular weight excluding hydrogens is 254 g/mol. The van der Waals surface area contributed by atoms with E-state index in [1.807, 2.05) is 18.2 Å². The van der Waals surface area contributed by atoms with Gasteiger partial charge in [0, 0.05) is 13.5 Å². The Morgan fingerprint density at radius 2 is 2.35 bits per heavy atom. The quantitative estimate of drug-likeness (QED) is 0.928. The molecule has 20 heavy (non-hydrogen) atoms. The van der Waals surface area contributed by atoms with Gasteiger partial charge in [-0.25, -0.2) is 4.98 Å². The van der Waals surface area contributed by atoms with Gasteiger partial charge in [-0.2, -0.15) is 5.26 Å². The number of nitrogens with one attached hydrogen (secondary N) is 1. The molecule has 0 spiro atoms. The SMILES string of the molecule is Cc1nc2ccc(CNC(=O)C3(C#N)CCC3)cc2o1. The molecule has 3 rings (SSSR count). The van der Waals surface area contributed by atoms with E-state index in [9.17, 15) is 4.79 Å². The molecule has 5 heteroatoms. The number of aryl methyl sites for hydroxylation is 1. The smallest absolute Gasteiger partial charge is 0.240 e. The van der Waals surface area contributed by atoms with Crippen LogP contribution in [0.4, 0.5) is 0 Å². The summed E-state index contributed by atoms with van der Waals surface area (Å²) in [6.45, 7) is 2.20. The minimum Gasteiger partial charge on any atom is -0.441 e. The molecule has 1 N–H and O–H groups in total. The third kappa shape index (κ3) is 2.03. The van der Waals surface area contributed by atoms with Crippen molar-refractivity contribution < 1.29 is 9.21 Å². The molecule has 1 aromatic heterocycles. The lowest BCUT2D eigenvalue weighted by molar-refractivity contribution is -0.131. The first-order valence-corrected chi connectivity index (χ1v) is 6.69. The monoisotopic (exact) mass is 269 g/mol. The minimum atomic E-state index is -0.799. The van der Waals surface area contributed by atoms with Crippen molar-refractivity contribution in [3.63, 3.8) is 0 Å². The first-order chi connectivity index (χ1) is 9.63. The van der Waals surface area contributed by atoms with Crippen molar-refractivity contribution in [2.24, 2.45) is 5.41 Å². The van der Waals surface area contributed by atoms with Gasteiger partial charge in [-0.15, -0.1) is 0 Å². The summed E-state index contributed by atoms with van der Waals surface area (Å²) in [5.41, 5.74) is 1.67.